The van der Waals surface area contributed by atoms with Gasteiger partial charge >= 0.3 is 0 Å². The molecule has 0 atom stereocenters. The lowest BCUT2D eigenvalue weighted by atomic mass is 10.1. The first-order valence-corrected chi connectivity index (χ1v) is 6.03. The minimum atomic E-state index is -0.509. The van der Waals surface area contributed by atoms with E-state index < -0.39 is 4.92 Å². The van der Waals surface area contributed by atoms with Gasteiger partial charge in [0.15, 0.2) is 5.82 Å². The number of pyridine rings is 1. The van der Waals surface area contributed by atoms with Crippen LogP contribution in [0.25, 0.3) is 0 Å². The third-order valence-corrected chi connectivity index (χ3v) is 2.53. The van der Waals surface area contributed by atoms with Crippen molar-refractivity contribution in [2.24, 2.45) is 0 Å². The van der Waals surface area contributed by atoms with Crippen LogP contribution in [0.4, 0.5) is 0 Å². The monoisotopic (exact) mass is 266 g/mol. The van der Waals surface area contributed by atoms with Gasteiger partial charge in [-0.3, -0.25) is 15.1 Å². The zero-order valence-corrected chi connectivity index (χ0v) is 10.8. The molecule has 3 N–H and O–H groups in total. The minimum Gasteiger partial charge on any atom is -0.506 e. The number of nitrogens with one attached hydrogen (secondary N) is 2. The molecule has 7 heteroatoms. The summed E-state index contributed by atoms with van der Waals surface area (Å²) in [6.07, 6.45) is 4.89. The summed E-state index contributed by atoms with van der Waals surface area (Å²) in [5.41, 5.74) is 0.678. The summed E-state index contributed by atoms with van der Waals surface area (Å²) < 4.78 is 0. The standard InChI is InChI=1S/C12H18N4O3/c1-13-12(9-16(18)19)15-7-3-2-5-10-11(17)6-4-8-14-10/h4,6,8-9,13,15,17H,2-3,5,7H2,1H3/b12-9-. The SMILES string of the molecule is CN/C(=C/[N+](=O)[O-])NCCCCc1ncccc1O. The molecular weight excluding hydrogens is 248 g/mol. The Bertz CT molecular complexity index is 448. The van der Waals surface area contributed by atoms with Gasteiger partial charge in [0.2, 0.25) is 0 Å². The second-order valence-corrected chi connectivity index (χ2v) is 3.93. The molecule has 0 spiro atoms. The highest BCUT2D eigenvalue weighted by molar-refractivity contribution is 5.24. The van der Waals surface area contributed by atoms with E-state index >= 15 is 0 Å². The van der Waals surface area contributed by atoms with Crippen LogP contribution in [-0.4, -0.2) is 28.6 Å². The van der Waals surface area contributed by atoms with E-state index in [4.69, 9.17) is 0 Å². The van der Waals surface area contributed by atoms with Crippen molar-refractivity contribution in [1.82, 2.24) is 15.6 Å². The van der Waals surface area contributed by atoms with E-state index in [1.807, 2.05) is 0 Å². The topological polar surface area (TPSA) is 100 Å². The molecule has 0 aliphatic rings. The molecule has 0 aliphatic heterocycles. The van der Waals surface area contributed by atoms with E-state index in [1.54, 1.807) is 25.4 Å². The predicted octanol–water partition coefficient (Wildman–Crippen LogP) is 0.994. The Hall–Kier alpha value is -2.31. The van der Waals surface area contributed by atoms with Gasteiger partial charge in [0.25, 0.3) is 6.20 Å². The molecule has 0 saturated heterocycles. The summed E-state index contributed by atoms with van der Waals surface area (Å²) in [6, 6.07) is 3.29. The second kappa shape index (κ2) is 7.91. The lowest BCUT2D eigenvalue weighted by Gasteiger charge is -2.07. The minimum absolute atomic E-state index is 0.208. The van der Waals surface area contributed by atoms with Crippen molar-refractivity contribution < 1.29 is 10.0 Å². The van der Waals surface area contributed by atoms with Gasteiger partial charge in [-0.1, -0.05) is 0 Å². The fourth-order valence-corrected chi connectivity index (χ4v) is 1.57. The predicted molar refractivity (Wildman–Crippen MR) is 71.0 cm³/mol. The highest BCUT2D eigenvalue weighted by Crippen LogP contribution is 2.14. The summed E-state index contributed by atoms with van der Waals surface area (Å²) in [5, 5.41) is 25.4. The molecule has 0 aliphatic carbocycles. The van der Waals surface area contributed by atoms with Crippen molar-refractivity contribution in [2.45, 2.75) is 19.3 Å². The van der Waals surface area contributed by atoms with E-state index in [0.29, 0.717) is 24.5 Å². The van der Waals surface area contributed by atoms with Gasteiger partial charge in [-0.15, -0.1) is 0 Å². The van der Waals surface area contributed by atoms with Crippen molar-refractivity contribution in [3.63, 3.8) is 0 Å². The van der Waals surface area contributed by atoms with Crippen LogP contribution in [0.15, 0.2) is 30.4 Å². The zero-order valence-electron chi connectivity index (χ0n) is 10.8. The summed E-state index contributed by atoms with van der Waals surface area (Å²) >= 11 is 0. The molecule has 0 radical (unpaired) electrons. The number of aromatic hydroxyl groups is 1. The average Bonchev–Trinajstić information content (AvgIpc) is 2.38. The summed E-state index contributed by atoms with van der Waals surface area (Å²) in [4.78, 5) is 13.9. The van der Waals surface area contributed by atoms with Gasteiger partial charge in [-0.2, -0.15) is 0 Å². The smallest absolute Gasteiger partial charge is 0.274 e. The molecule has 0 bridgehead atoms. The van der Waals surface area contributed by atoms with Crippen molar-refractivity contribution in [3.05, 3.63) is 46.2 Å². The molecule has 0 unspecified atom stereocenters. The van der Waals surface area contributed by atoms with Crippen LogP contribution in [0.5, 0.6) is 5.75 Å². The Morgan fingerprint density at radius 2 is 2.37 bits per heavy atom. The second-order valence-electron chi connectivity index (χ2n) is 3.93. The lowest BCUT2D eigenvalue weighted by molar-refractivity contribution is -0.404. The van der Waals surface area contributed by atoms with Crippen molar-refractivity contribution >= 4 is 0 Å². The maximum Gasteiger partial charge on any atom is 0.274 e. The molecule has 1 rings (SSSR count). The third-order valence-electron chi connectivity index (χ3n) is 2.53. The number of hydrogen-bond acceptors (Lipinski definition) is 6. The number of nitro groups is 1. The van der Waals surface area contributed by atoms with Crippen LogP contribution < -0.4 is 10.6 Å². The Balaban J connectivity index is 2.25. The lowest BCUT2D eigenvalue weighted by Crippen LogP contribution is -2.25. The summed E-state index contributed by atoms with van der Waals surface area (Å²) in [7, 11) is 1.62. The molecule has 0 fully saturated rings. The first-order chi connectivity index (χ1) is 9.13. The van der Waals surface area contributed by atoms with E-state index in [0.717, 1.165) is 19.0 Å². The highest BCUT2D eigenvalue weighted by Gasteiger charge is 2.02. The van der Waals surface area contributed by atoms with Crippen molar-refractivity contribution in [2.75, 3.05) is 13.6 Å². The Morgan fingerprint density at radius 3 is 3.00 bits per heavy atom. The van der Waals surface area contributed by atoms with Crippen LogP contribution in [0.3, 0.4) is 0 Å². The molecule has 0 amide bonds. The molecule has 19 heavy (non-hydrogen) atoms. The van der Waals surface area contributed by atoms with Gasteiger partial charge in [-0.05, 0) is 31.4 Å². The molecule has 0 aromatic carbocycles. The van der Waals surface area contributed by atoms with E-state index in [9.17, 15) is 15.2 Å². The normalized spacial score (nSPS) is 11.1. The maximum atomic E-state index is 10.3. The Labute approximate surface area is 111 Å². The Kier molecular flexibility index (Phi) is 6.14. The molecule has 7 nitrogen and oxygen atoms in total. The quantitative estimate of drug-likeness (QED) is 0.368. The largest absolute Gasteiger partial charge is 0.506 e. The van der Waals surface area contributed by atoms with Crippen LogP contribution >= 0.6 is 0 Å². The molecule has 1 heterocycles. The van der Waals surface area contributed by atoms with E-state index in [1.165, 1.54) is 0 Å². The number of aromatic nitrogens is 1. The van der Waals surface area contributed by atoms with Gasteiger partial charge in [0.1, 0.15) is 5.75 Å². The summed E-state index contributed by atoms with van der Waals surface area (Å²) in [5.74, 6) is 0.588. The molecular formula is C12H18N4O3. The fourth-order valence-electron chi connectivity index (χ4n) is 1.57. The molecule has 1 aromatic rings. The molecule has 104 valence electrons. The van der Waals surface area contributed by atoms with Crippen molar-refractivity contribution in [3.8, 4) is 5.75 Å². The first kappa shape index (κ1) is 14.7. The number of aryl methyl sites for hydroxylation is 1. The average molecular weight is 266 g/mol. The van der Waals surface area contributed by atoms with Crippen molar-refractivity contribution in [1.29, 1.82) is 0 Å². The fraction of sp³-hybridized carbons (Fsp3) is 0.417. The molecule has 1 aromatic heterocycles. The van der Waals surface area contributed by atoms with Gasteiger partial charge < -0.3 is 15.7 Å². The van der Waals surface area contributed by atoms with Crippen LogP contribution in [-0.2, 0) is 6.42 Å². The van der Waals surface area contributed by atoms with Gasteiger partial charge in [0.05, 0.1) is 10.6 Å². The van der Waals surface area contributed by atoms with E-state index in [-0.39, 0.29) is 5.75 Å². The highest BCUT2D eigenvalue weighted by atomic mass is 16.6. The van der Waals surface area contributed by atoms with Crippen LogP contribution in [0.1, 0.15) is 18.5 Å². The number of hydrogen-bond donors (Lipinski definition) is 3. The number of unbranched alkanes of at least 4 members (excludes halogenated alkanes) is 1. The Morgan fingerprint density at radius 1 is 1.58 bits per heavy atom. The number of nitrogens with zero attached hydrogens (tertiary/aromatic N) is 2. The molecule has 0 saturated carbocycles. The number of rotatable bonds is 8. The van der Waals surface area contributed by atoms with Gasteiger partial charge in [-0.25, -0.2) is 0 Å². The third kappa shape index (κ3) is 5.71. The van der Waals surface area contributed by atoms with E-state index in [2.05, 4.69) is 15.6 Å². The first-order valence-electron chi connectivity index (χ1n) is 6.03. The summed E-state index contributed by atoms with van der Waals surface area (Å²) in [6.45, 7) is 0.619. The van der Waals surface area contributed by atoms with Crippen LogP contribution in [0, 0.1) is 10.1 Å². The van der Waals surface area contributed by atoms with Gasteiger partial charge in [0, 0.05) is 19.8 Å². The van der Waals surface area contributed by atoms with Crippen LogP contribution in [0.2, 0.25) is 0 Å². The zero-order chi connectivity index (χ0) is 14.1. The maximum absolute atomic E-state index is 10.3.